The Morgan fingerprint density at radius 2 is 2.04 bits per heavy atom. The molecule has 0 unspecified atom stereocenters. The van der Waals surface area contributed by atoms with Crippen molar-refractivity contribution >= 4 is 45.1 Å². The second kappa shape index (κ2) is 7.39. The molecule has 2 rings (SSSR count). The average Bonchev–Trinajstić information content (AvgIpc) is 2.52. The Kier molecular flexibility index (Phi) is 5.52. The quantitative estimate of drug-likeness (QED) is 0.311. The van der Waals surface area contributed by atoms with Crippen molar-refractivity contribution < 1.29 is 14.5 Å². The van der Waals surface area contributed by atoms with Gasteiger partial charge in [0.1, 0.15) is 10.8 Å². The zero-order valence-electron chi connectivity index (χ0n) is 12.0. The lowest BCUT2D eigenvalue weighted by atomic mass is 10.1. The third kappa shape index (κ3) is 4.18. The zero-order valence-corrected chi connectivity index (χ0v) is 14.3. The van der Waals surface area contributed by atoms with E-state index < -0.39 is 4.92 Å². The zero-order chi connectivity index (χ0) is 17.0. The molecular formula is C16H11BrClNO4. The van der Waals surface area contributed by atoms with Crippen molar-refractivity contribution in [3.8, 4) is 5.75 Å². The van der Waals surface area contributed by atoms with Gasteiger partial charge in [-0.1, -0.05) is 27.5 Å². The molecule has 0 amide bonds. The maximum absolute atomic E-state index is 12.2. The molecule has 7 heteroatoms. The van der Waals surface area contributed by atoms with Crippen LogP contribution in [0.3, 0.4) is 0 Å². The lowest BCUT2D eigenvalue weighted by molar-refractivity contribution is -0.384. The lowest BCUT2D eigenvalue weighted by Gasteiger charge is -2.05. The summed E-state index contributed by atoms with van der Waals surface area (Å²) in [5.74, 6) is 0.242. The molecule has 0 aliphatic rings. The van der Waals surface area contributed by atoms with Crippen molar-refractivity contribution in [2.24, 2.45) is 0 Å². The highest BCUT2D eigenvalue weighted by molar-refractivity contribution is 9.10. The van der Waals surface area contributed by atoms with Crippen LogP contribution in [0.1, 0.15) is 15.9 Å². The molecule has 5 nitrogen and oxygen atoms in total. The minimum Gasteiger partial charge on any atom is -0.496 e. The predicted molar refractivity (Wildman–Crippen MR) is 92.2 cm³/mol. The second-order valence-corrected chi connectivity index (χ2v) is 5.83. The van der Waals surface area contributed by atoms with E-state index in [0.717, 1.165) is 10.5 Å². The van der Waals surface area contributed by atoms with E-state index in [0.29, 0.717) is 11.3 Å². The van der Waals surface area contributed by atoms with Crippen LogP contribution in [0.25, 0.3) is 6.08 Å². The van der Waals surface area contributed by atoms with Gasteiger partial charge in [0.25, 0.3) is 5.69 Å². The summed E-state index contributed by atoms with van der Waals surface area (Å²) in [4.78, 5) is 22.4. The molecule has 0 N–H and O–H groups in total. The number of nitrogens with zero attached hydrogens (tertiary/aromatic N) is 1. The maximum Gasteiger partial charge on any atom is 0.288 e. The fourth-order valence-electron chi connectivity index (χ4n) is 1.90. The molecule has 0 radical (unpaired) electrons. The van der Waals surface area contributed by atoms with Crippen molar-refractivity contribution in [3.05, 3.63) is 73.2 Å². The number of nitro groups is 1. The summed E-state index contributed by atoms with van der Waals surface area (Å²) >= 11 is 9.08. The van der Waals surface area contributed by atoms with E-state index >= 15 is 0 Å². The molecule has 0 heterocycles. The number of hydrogen-bond acceptors (Lipinski definition) is 4. The largest absolute Gasteiger partial charge is 0.496 e. The molecule has 0 saturated carbocycles. The van der Waals surface area contributed by atoms with Gasteiger partial charge in [0, 0.05) is 21.7 Å². The van der Waals surface area contributed by atoms with E-state index in [4.69, 9.17) is 16.3 Å². The molecule has 0 spiro atoms. The Bertz CT molecular complexity index is 805. The predicted octanol–water partition coefficient (Wildman–Crippen LogP) is 4.92. The number of benzene rings is 2. The topological polar surface area (TPSA) is 69.4 Å². The fourth-order valence-corrected chi connectivity index (χ4v) is 2.47. The standard InChI is InChI=1S/C16H11BrClNO4/c1-23-16-7-4-12(17)8-11(16)3-6-15(20)10-2-5-13(18)14(9-10)19(21)22/h2-9H,1H3/b6-3+. The lowest BCUT2D eigenvalue weighted by Crippen LogP contribution is -1.97. The number of ether oxygens (including phenoxy) is 1. The van der Waals surface area contributed by atoms with Gasteiger partial charge >= 0.3 is 0 Å². The van der Waals surface area contributed by atoms with Gasteiger partial charge in [-0.15, -0.1) is 0 Å². The van der Waals surface area contributed by atoms with Gasteiger partial charge in [0.05, 0.1) is 12.0 Å². The first-order chi connectivity index (χ1) is 10.9. The first-order valence-electron chi connectivity index (χ1n) is 6.42. The van der Waals surface area contributed by atoms with Gasteiger partial charge in [0.15, 0.2) is 5.78 Å². The number of carbonyl (C=O) groups is 1. The highest BCUT2D eigenvalue weighted by Gasteiger charge is 2.15. The molecule has 0 bridgehead atoms. The molecule has 118 valence electrons. The number of nitro benzene ring substituents is 1. The third-order valence-corrected chi connectivity index (χ3v) is 3.85. The van der Waals surface area contributed by atoms with Gasteiger partial charge in [-0.2, -0.15) is 0 Å². The summed E-state index contributed by atoms with van der Waals surface area (Å²) in [5.41, 5.74) is 0.593. The molecule has 0 aromatic heterocycles. The number of rotatable bonds is 5. The Labute approximate surface area is 145 Å². The highest BCUT2D eigenvalue weighted by Crippen LogP contribution is 2.26. The molecule has 0 aliphatic heterocycles. The number of ketones is 1. The van der Waals surface area contributed by atoms with Crippen molar-refractivity contribution in [1.82, 2.24) is 0 Å². The maximum atomic E-state index is 12.2. The number of carbonyl (C=O) groups excluding carboxylic acids is 1. The fraction of sp³-hybridized carbons (Fsp3) is 0.0625. The smallest absolute Gasteiger partial charge is 0.288 e. The Hall–Kier alpha value is -2.18. The molecule has 2 aromatic rings. The number of halogens is 2. The Morgan fingerprint density at radius 1 is 1.30 bits per heavy atom. The molecular weight excluding hydrogens is 386 g/mol. The number of allylic oxidation sites excluding steroid dienone is 1. The first kappa shape index (κ1) is 17.2. The van der Waals surface area contributed by atoms with Crippen LogP contribution < -0.4 is 4.74 Å². The summed E-state index contributed by atoms with van der Waals surface area (Å²) in [5, 5.41) is 10.9. The van der Waals surface area contributed by atoms with Crippen LogP contribution in [-0.4, -0.2) is 17.8 Å². The molecule has 23 heavy (non-hydrogen) atoms. The van der Waals surface area contributed by atoms with Crippen molar-refractivity contribution in [3.63, 3.8) is 0 Å². The van der Waals surface area contributed by atoms with Crippen LogP contribution in [0.2, 0.25) is 5.02 Å². The van der Waals surface area contributed by atoms with Gasteiger partial charge < -0.3 is 4.74 Å². The van der Waals surface area contributed by atoms with Gasteiger partial charge in [-0.25, -0.2) is 0 Å². The monoisotopic (exact) mass is 395 g/mol. The van der Waals surface area contributed by atoms with E-state index in [1.54, 1.807) is 18.2 Å². The highest BCUT2D eigenvalue weighted by atomic mass is 79.9. The number of methoxy groups -OCH3 is 1. The summed E-state index contributed by atoms with van der Waals surface area (Å²) in [6.07, 6.45) is 2.92. The van der Waals surface area contributed by atoms with E-state index in [-0.39, 0.29) is 22.1 Å². The van der Waals surface area contributed by atoms with E-state index in [1.807, 2.05) is 6.07 Å². The van der Waals surface area contributed by atoms with E-state index in [1.165, 1.54) is 25.3 Å². The van der Waals surface area contributed by atoms with Crippen LogP contribution in [-0.2, 0) is 0 Å². The summed E-state index contributed by atoms with van der Waals surface area (Å²) in [6, 6.07) is 9.32. The van der Waals surface area contributed by atoms with Crippen LogP contribution in [0.5, 0.6) is 5.75 Å². The average molecular weight is 397 g/mol. The first-order valence-corrected chi connectivity index (χ1v) is 7.59. The minimum atomic E-state index is -0.625. The SMILES string of the molecule is COc1ccc(Br)cc1/C=C/C(=O)c1ccc(Cl)c([N+](=O)[O-])c1. The van der Waals surface area contributed by atoms with E-state index in [2.05, 4.69) is 15.9 Å². The van der Waals surface area contributed by atoms with Gasteiger partial charge in [-0.3, -0.25) is 14.9 Å². The molecule has 0 fully saturated rings. The normalized spacial score (nSPS) is 10.7. The van der Waals surface area contributed by atoms with Crippen molar-refractivity contribution in [1.29, 1.82) is 0 Å². The second-order valence-electron chi connectivity index (χ2n) is 4.51. The van der Waals surface area contributed by atoms with Gasteiger partial charge in [0.2, 0.25) is 0 Å². The molecule has 0 aliphatic carbocycles. The Balaban J connectivity index is 2.31. The molecule has 2 aromatic carbocycles. The molecule has 0 atom stereocenters. The van der Waals surface area contributed by atoms with Crippen LogP contribution in [0.4, 0.5) is 5.69 Å². The molecule has 0 saturated heterocycles. The van der Waals surface area contributed by atoms with Crippen LogP contribution in [0.15, 0.2) is 46.9 Å². The van der Waals surface area contributed by atoms with E-state index in [9.17, 15) is 14.9 Å². The van der Waals surface area contributed by atoms with Crippen LogP contribution in [0, 0.1) is 10.1 Å². The van der Waals surface area contributed by atoms with Crippen molar-refractivity contribution in [2.75, 3.05) is 7.11 Å². The van der Waals surface area contributed by atoms with Crippen LogP contribution >= 0.6 is 27.5 Å². The van der Waals surface area contributed by atoms with Gasteiger partial charge in [-0.05, 0) is 42.5 Å². The summed E-state index contributed by atoms with van der Waals surface area (Å²) in [7, 11) is 1.53. The minimum absolute atomic E-state index is 0.0100. The summed E-state index contributed by atoms with van der Waals surface area (Å²) < 4.78 is 6.05. The summed E-state index contributed by atoms with van der Waals surface area (Å²) in [6.45, 7) is 0. The third-order valence-electron chi connectivity index (χ3n) is 3.03. The number of hydrogen-bond donors (Lipinski definition) is 0. The Morgan fingerprint density at radius 3 is 2.70 bits per heavy atom. The van der Waals surface area contributed by atoms with Crippen molar-refractivity contribution in [2.45, 2.75) is 0 Å².